The van der Waals surface area contributed by atoms with Gasteiger partial charge in [0, 0.05) is 30.7 Å². The van der Waals surface area contributed by atoms with Crippen molar-refractivity contribution in [3.8, 4) is 0 Å². The molecular formula is C25H24ClF3N2O4S2. The number of halogens is 4. The normalized spacial score (nSPS) is 16.9. The Balaban J connectivity index is 1.81. The van der Waals surface area contributed by atoms with E-state index in [0.717, 1.165) is 28.6 Å². The first-order chi connectivity index (χ1) is 17.4. The zero-order valence-corrected chi connectivity index (χ0v) is 22.1. The molecule has 0 amide bonds. The topological polar surface area (TPSA) is 74.8 Å². The Labute approximate surface area is 219 Å². The first-order valence-corrected chi connectivity index (χ1v) is 15.0. The number of benzene rings is 3. The van der Waals surface area contributed by atoms with Crippen LogP contribution < -0.4 is 4.31 Å². The maximum Gasteiger partial charge on any atom is 0.264 e. The summed E-state index contributed by atoms with van der Waals surface area (Å²) in [6.45, 7) is 2.11. The van der Waals surface area contributed by atoms with Gasteiger partial charge < -0.3 is 0 Å². The van der Waals surface area contributed by atoms with E-state index in [4.69, 9.17) is 11.6 Å². The van der Waals surface area contributed by atoms with E-state index in [1.54, 1.807) is 0 Å². The summed E-state index contributed by atoms with van der Waals surface area (Å²) in [5.41, 5.74) is 0.248. The van der Waals surface area contributed by atoms with Crippen molar-refractivity contribution >= 4 is 37.1 Å². The molecule has 1 fully saturated rings. The highest BCUT2D eigenvalue weighted by molar-refractivity contribution is 7.93. The fourth-order valence-electron chi connectivity index (χ4n) is 4.32. The van der Waals surface area contributed by atoms with E-state index in [9.17, 15) is 30.0 Å². The van der Waals surface area contributed by atoms with E-state index in [-0.39, 0.29) is 36.0 Å². The molecule has 37 heavy (non-hydrogen) atoms. The largest absolute Gasteiger partial charge is 0.297 e. The van der Waals surface area contributed by atoms with Crippen molar-refractivity contribution in [1.82, 2.24) is 4.90 Å². The third kappa shape index (κ3) is 6.11. The van der Waals surface area contributed by atoms with Crippen molar-refractivity contribution < 1.29 is 30.0 Å². The maximum atomic E-state index is 15.0. The van der Waals surface area contributed by atoms with Gasteiger partial charge in [-0.05, 0) is 66.6 Å². The van der Waals surface area contributed by atoms with Crippen LogP contribution in [-0.2, 0) is 26.4 Å². The predicted octanol–water partition coefficient (Wildman–Crippen LogP) is 4.94. The van der Waals surface area contributed by atoms with E-state index < -0.39 is 49.0 Å². The molecule has 12 heteroatoms. The number of sulfone groups is 1. The fourth-order valence-corrected chi connectivity index (χ4v) is 7.35. The number of anilines is 1. The van der Waals surface area contributed by atoms with Gasteiger partial charge in [-0.25, -0.2) is 30.0 Å². The zero-order chi connectivity index (χ0) is 27.0. The summed E-state index contributed by atoms with van der Waals surface area (Å²) >= 11 is 5.91. The lowest BCUT2D eigenvalue weighted by atomic mass is 10.00. The summed E-state index contributed by atoms with van der Waals surface area (Å²) in [6, 6.07) is 10.5. The Morgan fingerprint density at radius 3 is 2.19 bits per heavy atom. The lowest BCUT2D eigenvalue weighted by Gasteiger charge is -2.33. The smallest absolute Gasteiger partial charge is 0.264 e. The van der Waals surface area contributed by atoms with E-state index in [1.165, 1.54) is 43.3 Å². The molecule has 1 heterocycles. The molecule has 0 saturated carbocycles. The second-order valence-electron chi connectivity index (χ2n) is 8.80. The van der Waals surface area contributed by atoms with Crippen molar-refractivity contribution in [1.29, 1.82) is 0 Å². The molecule has 0 aliphatic carbocycles. The SMILES string of the molecule is CC(c1ccc(F)cc1CN1CCS(=O)(=O)CC1)N(c1cc(F)ccc1F)S(=O)(=O)c1ccc(Cl)cc1. The molecule has 0 N–H and O–H groups in total. The standard InChI is InChI=1S/C25H24ClF3N2O4S2/c1-17(23-8-4-20(27)14-18(23)16-30-10-12-36(32,33)13-11-30)31(25-15-21(28)5-9-24(25)29)37(34,35)22-6-2-19(26)3-7-22/h2-9,14-15,17H,10-13,16H2,1H3. The summed E-state index contributed by atoms with van der Waals surface area (Å²) < 4.78 is 95.5. The minimum atomic E-state index is -4.45. The van der Waals surface area contributed by atoms with E-state index in [1.807, 2.05) is 4.90 Å². The Kier molecular flexibility index (Phi) is 7.89. The van der Waals surface area contributed by atoms with Gasteiger partial charge in [-0.1, -0.05) is 17.7 Å². The van der Waals surface area contributed by atoms with E-state index in [0.29, 0.717) is 16.1 Å². The summed E-state index contributed by atoms with van der Waals surface area (Å²) in [5, 5.41) is 0.292. The fraction of sp³-hybridized carbons (Fsp3) is 0.280. The van der Waals surface area contributed by atoms with Gasteiger partial charge in [0.15, 0.2) is 9.84 Å². The molecule has 198 valence electrons. The molecule has 0 bridgehead atoms. The molecule has 1 aliphatic rings. The molecule has 1 aliphatic heterocycles. The highest BCUT2D eigenvalue weighted by Crippen LogP contribution is 2.37. The van der Waals surface area contributed by atoms with Crippen LogP contribution in [0.25, 0.3) is 0 Å². The Morgan fingerprint density at radius 1 is 0.946 bits per heavy atom. The van der Waals surface area contributed by atoms with Gasteiger partial charge >= 0.3 is 0 Å². The lowest BCUT2D eigenvalue weighted by Crippen LogP contribution is -2.40. The van der Waals surface area contributed by atoms with Crippen LogP contribution >= 0.6 is 11.6 Å². The third-order valence-corrected chi connectivity index (χ3v) is 10.0. The van der Waals surface area contributed by atoms with Crippen molar-refractivity contribution in [2.75, 3.05) is 28.9 Å². The summed E-state index contributed by atoms with van der Waals surface area (Å²) in [6.07, 6.45) is 0. The number of nitrogens with zero attached hydrogens (tertiary/aromatic N) is 2. The second kappa shape index (κ2) is 10.6. The van der Waals surface area contributed by atoms with Crippen LogP contribution in [0.1, 0.15) is 24.1 Å². The van der Waals surface area contributed by atoms with Crippen molar-refractivity contribution in [2.45, 2.75) is 24.4 Å². The van der Waals surface area contributed by atoms with Crippen LogP contribution in [0.2, 0.25) is 5.02 Å². The van der Waals surface area contributed by atoms with Crippen LogP contribution in [0.3, 0.4) is 0 Å². The van der Waals surface area contributed by atoms with E-state index >= 15 is 0 Å². The summed E-state index contributed by atoms with van der Waals surface area (Å²) in [5.74, 6) is -2.46. The van der Waals surface area contributed by atoms with Gasteiger partial charge in [-0.15, -0.1) is 0 Å². The van der Waals surface area contributed by atoms with Gasteiger partial charge in [0.1, 0.15) is 17.5 Å². The number of sulfonamides is 1. The Hall–Kier alpha value is -2.60. The minimum absolute atomic E-state index is 0.0429. The molecule has 4 rings (SSSR count). The monoisotopic (exact) mass is 572 g/mol. The van der Waals surface area contributed by atoms with Crippen LogP contribution in [0.4, 0.5) is 18.9 Å². The average molecular weight is 573 g/mol. The van der Waals surface area contributed by atoms with Crippen LogP contribution in [0.5, 0.6) is 0 Å². The number of hydrogen-bond donors (Lipinski definition) is 0. The van der Waals surface area contributed by atoms with Crippen molar-refractivity contribution in [2.24, 2.45) is 0 Å². The summed E-state index contributed by atoms with van der Waals surface area (Å²) in [4.78, 5) is 1.63. The first kappa shape index (κ1) is 27.4. The molecule has 0 spiro atoms. The third-order valence-electron chi connectivity index (χ3n) is 6.25. The molecule has 1 unspecified atom stereocenters. The van der Waals surface area contributed by atoms with Gasteiger partial charge in [0.05, 0.1) is 28.1 Å². The van der Waals surface area contributed by atoms with Crippen molar-refractivity contribution in [3.63, 3.8) is 0 Å². The van der Waals surface area contributed by atoms with Gasteiger partial charge in [0.2, 0.25) is 0 Å². The number of hydrogen-bond acceptors (Lipinski definition) is 5. The molecular weight excluding hydrogens is 549 g/mol. The van der Waals surface area contributed by atoms with Crippen LogP contribution in [-0.4, -0.2) is 46.3 Å². The first-order valence-electron chi connectivity index (χ1n) is 11.3. The molecule has 3 aromatic carbocycles. The predicted molar refractivity (Wildman–Crippen MR) is 136 cm³/mol. The average Bonchev–Trinajstić information content (AvgIpc) is 2.83. The molecule has 0 aromatic heterocycles. The maximum absolute atomic E-state index is 15.0. The van der Waals surface area contributed by atoms with Crippen LogP contribution in [0.15, 0.2) is 65.6 Å². The molecule has 3 aromatic rings. The summed E-state index contributed by atoms with van der Waals surface area (Å²) in [7, 11) is -7.60. The van der Waals surface area contributed by atoms with Crippen LogP contribution in [0, 0.1) is 17.5 Å². The highest BCUT2D eigenvalue weighted by atomic mass is 35.5. The Morgan fingerprint density at radius 2 is 1.54 bits per heavy atom. The zero-order valence-electron chi connectivity index (χ0n) is 19.7. The van der Waals surface area contributed by atoms with E-state index in [2.05, 4.69) is 0 Å². The minimum Gasteiger partial charge on any atom is -0.297 e. The van der Waals surface area contributed by atoms with Gasteiger partial charge in [-0.2, -0.15) is 0 Å². The van der Waals surface area contributed by atoms with Gasteiger partial charge in [-0.3, -0.25) is 9.21 Å². The lowest BCUT2D eigenvalue weighted by molar-refractivity contribution is 0.286. The number of rotatable bonds is 7. The molecule has 6 nitrogen and oxygen atoms in total. The molecule has 0 radical (unpaired) electrons. The van der Waals surface area contributed by atoms with Gasteiger partial charge in [0.25, 0.3) is 10.0 Å². The second-order valence-corrected chi connectivity index (χ2v) is 13.4. The van der Waals surface area contributed by atoms with Crippen molar-refractivity contribution in [3.05, 3.63) is 94.3 Å². The molecule has 1 atom stereocenters. The Bertz CT molecular complexity index is 1500. The quantitative estimate of drug-likeness (QED) is 0.401. The molecule has 1 saturated heterocycles. The highest BCUT2D eigenvalue weighted by Gasteiger charge is 2.34.